The molecule has 0 aliphatic heterocycles. The van der Waals surface area contributed by atoms with Crippen molar-refractivity contribution in [2.24, 2.45) is 5.10 Å². The number of nitrogens with one attached hydrogen (secondary N) is 1. The van der Waals surface area contributed by atoms with E-state index in [1.54, 1.807) is 12.1 Å². The fourth-order valence-corrected chi connectivity index (χ4v) is 2.29. The van der Waals surface area contributed by atoms with E-state index in [1.165, 1.54) is 0 Å². The Kier molecular flexibility index (Phi) is 5.33. The summed E-state index contributed by atoms with van der Waals surface area (Å²) in [5, 5.41) is 4.16. The van der Waals surface area contributed by atoms with Gasteiger partial charge in [-0.1, -0.05) is 28.1 Å². The number of hydrazone groups is 1. The molecule has 2 aromatic carbocycles. The molecule has 1 N–H and O–H groups in total. The summed E-state index contributed by atoms with van der Waals surface area (Å²) in [5.74, 6) is -0.223. The van der Waals surface area contributed by atoms with Crippen LogP contribution in [0.5, 0.6) is 0 Å². The maximum absolute atomic E-state index is 12.1. The topological polar surface area (TPSA) is 44.7 Å². The summed E-state index contributed by atoms with van der Waals surface area (Å²) >= 11 is 3.42. The highest BCUT2D eigenvalue weighted by Gasteiger charge is 2.05. The SMILES string of the molecule is CC(=NNC(=O)c1ccc(N(C)C)cc1)c1cccc(Br)c1. The lowest BCUT2D eigenvalue weighted by molar-refractivity contribution is 0.0955. The number of carbonyl (C=O) groups is 1. The van der Waals surface area contributed by atoms with Crippen LogP contribution in [0.1, 0.15) is 22.8 Å². The van der Waals surface area contributed by atoms with Crippen LogP contribution in [0, 0.1) is 0 Å². The molecule has 22 heavy (non-hydrogen) atoms. The first-order chi connectivity index (χ1) is 10.5. The lowest BCUT2D eigenvalue weighted by Crippen LogP contribution is -2.19. The van der Waals surface area contributed by atoms with E-state index in [0.29, 0.717) is 5.56 Å². The minimum atomic E-state index is -0.223. The van der Waals surface area contributed by atoms with E-state index in [9.17, 15) is 4.79 Å². The highest BCUT2D eigenvalue weighted by Crippen LogP contribution is 2.13. The van der Waals surface area contributed by atoms with Crippen molar-refractivity contribution in [3.63, 3.8) is 0 Å². The van der Waals surface area contributed by atoms with Crippen molar-refractivity contribution in [1.29, 1.82) is 0 Å². The number of amides is 1. The largest absolute Gasteiger partial charge is 0.378 e. The lowest BCUT2D eigenvalue weighted by atomic mass is 10.1. The Morgan fingerprint density at radius 2 is 1.77 bits per heavy atom. The number of halogens is 1. The minimum Gasteiger partial charge on any atom is -0.378 e. The van der Waals surface area contributed by atoms with Crippen molar-refractivity contribution in [1.82, 2.24) is 5.43 Å². The summed E-state index contributed by atoms with van der Waals surface area (Å²) in [6.07, 6.45) is 0. The molecular weight excluding hydrogens is 342 g/mol. The Bertz CT molecular complexity index is 693. The van der Waals surface area contributed by atoms with Gasteiger partial charge >= 0.3 is 0 Å². The van der Waals surface area contributed by atoms with Crippen LogP contribution in [0.25, 0.3) is 0 Å². The Balaban J connectivity index is 2.07. The third-order valence-corrected chi connectivity index (χ3v) is 3.71. The quantitative estimate of drug-likeness (QED) is 0.668. The van der Waals surface area contributed by atoms with Crippen LogP contribution in [0.15, 0.2) is 58.1 Å². The molecule has 2 rings (SSSR count). The minimum absolute atomic E-state index is 0.223. The first kappa shape index (κ1) is 16.2. The average Bonchev–Trinajstić information content (AvgIpc) is 2.52. The van der Waals surface area contributed by atoms with Crippen molar-refractivity contribution in [3.8, 4) is 0 Å². The third kappa shape index (κ3) is 4.18. The van der Waals surface area contributed by atoms with Crippen molar-refractivity contribution in [2.45, 2.75) is 6.92 Å². The maximum Gasteiger partial charge on any atom is 0.271 e. The first-order valence-corrected chi connectivity index (χ1v) is 7.64. The number of rotatable bonds is 4. The summed E-state index contributed by atoms with van der Waals surface area (Å²) < 4.78 is 0.977. The second-order valence-corrected chi connectivity index (χ2v) is 6.01. The van der Waals surface area contributed by atoms with Crippen LogP contribution < -0.4 is 10.3 Å². The number of benzene rings is 2. The molecule has 0 fully saturated rings. The molecule has 0 radical (unpaired) electrons. The van der Waals surface area contributed by atoms with Crippen LogP contribution in [0.3, 0.4) is 0 Å². The van der Waals surface area contributed by atoms with Gasteiger partial charge in [0.1, 0.15) is 0 Å². The highest BCUT2D eigenvalue weighted by atomic mass is 79.9. The summed E-state index contributed by atoms with van der Waals surface area (Å²) in [6.45, 7) is 1.86. The van der Waals surface area contributed by atoms with E-state index < -0.39 is 0 Å². The van der Waals surface area contributed by atoms with Gasteiger partial charge in [-0.25, -0.2) is 5.43 Å². The van der Waals surface area contributed by atoms with Crippen molar-refractivity contribution in [3.05, 3.63) is 64.1 Å². The van der Waals surface area contributed by atoms with E-state index in [2.05, 4.69) is 26.5 Å². The van der Waals surface area contributed by atoms with Crippen LogP contribution in [-0.2, 0) is 0 Å². The fraction of sp³-hybridized carbons (Fsp3) is 0.176. The zero-order valence-electron chi connectivity index (χ0n) is 12.8. The monoisotopic (exact) mass is 359 g/mol. The van der Waals surface area contributed by atoms with Crippen LogP contribution in [0.2, 0.25) is 0 Å². The molecule has 0 saturated heterocycles. The molecule has 2 aromatic rings. The predicted molar refractivity (Wildman–Crippen MR) is 94.6 cm³/mol. The molecular formula is C17H18BrN3O. The van der Waals surface area contributed by atoms with Gasteiger partial charge in [0.15, 0.2) is 0 Å². The number of carbonyl (C=O) groups excluding carboxylic acids is 1. The lowest BCUT2D eigenvalue weighted by Gasteiger charge is -2.12. The molecule has 0 unspecified atom stereocenters. The zero-order chi connectivity index (χ0) is 16.1. The van der Waals surface area contributed by atoms with Gasteiger partial charge in [0, 0.05) is 29.8 Å². The molecule has 1 amide bonds. The summed E-state index contributed by atoms with van der Waals surface area (Å²) in [7, 11) is 3.92. The van der Waals surface area contributed by atoms with E-state index in [-0.39, 0.29) is 5.91 Å². The Labute approximate surface area is 139 Å². The number of anilines is 1. The predicted octanol–water partition coefficient (Wildman–Crippen LogP) is 3.67. The Morgan fingerprint density at radius 1 is 1.09 bits per heavy atom. The van der Waals surface area contributed by atoms with Crippen LogP contribution >= 0.6 is 15.9 Å². The maximum atomic E-state index is 12.1. The number of hydrogen-bond donors (Lipinski definition) is 1. The molecule has 0 spiro atoms. The summed E-state index contributed by atoms with van der Waals surface area (Å²) in [5.41, 5.74) is 5.92. The van der Waals surface area contributed by atoms with E-state index in [4.69, 9.17) is 0 Å². The standard InChI is InChI=1S/C17H18BrN3O/c1-12(14-5-4-6-15(18)11-14)19-20-17(22)13-7-9-16(10-8-13)21(2)3/h4-11H,1-3H3,(H,20,22). The Hall–Kier alpha value is -2.14. The van der Waals surface area contributed by atoms with Crippen LogP contribution in [0.4, 0.5) is 5.69 Å². The van der Waals surface area contributed by atoms with Gasteiger partial charge in [-0.2, -0.15) is 5.10 Å². The average molecular weight is 360 g/mol. The van der Waals surface area contributed by atoms with Gasteiger partial charge in [0.05, 0.1) is 5.71 Å². The molecule has 0 atom stereocenters. The van der Waals surface area contributed by atoms with Crippen molar-refractivity contribution in [2.75, 3.05) is 19.0 Å². The van der Waals surface area contributed by atoms with Gasteiger partial charge < -0.3 is 4.90 Å². The molecule has 5 heteroatoms. The number of hydrogen-bond acceptors (Lipinski definition) is 3. The van der Waals surface area contributed by atoms with E-state index in [0.717, 1.165) is 21.4 Å². The normalized spacial score (nSPS) is 11.2. The molecule has 4 nitrogen and oxygen atoms in total. The molecule has 114 valence electrons. The second-order valence-electron chi connectivity index (χ2n) is 5.09. The van der Waals surface area contributed by atoms with Crippen molar-refractivity contribution >= 4 is 33.2 Å². The summed E-state index contributed by atoms with van der Waals surface area (Å²) in [4.78, 5) is 14.1. The van der Waals surface area contributed by atoms with Gasteiger partial charge in [0.2, 0.25) is 0 Å². The molecule has 0 aliphatic carbocycles. The number of nitrogens with zero attached hydrogens (tertiary/aromatic N) is 2. The van der Waals surface area contributed by atoms with Crippen LogP contribution in [-0.4, -0.2) is 25.7 Å². The van der Waals surface area contributed by atoms with Gasteiger partial charge in [-0.05, 0) is 48.9 Å². The Morgan fingerprint density at radius 3 is 2.36 bits per heavy atom. The second kappa shape index (κ2) is 7.22. The van der Waals surface area contributed by atoms with E-state index in [1.807, 2.05) is 62.3 Å². The highest BCUT2D eigenvalue weighted by molar-refractivity contribution is 9.10. The van der Waals surface area contributed by atoms with Gasteiger partial charge in [-0.3, -0.25) is 4.79 Å². The molecule has 0 aromatic heterocycles. The van der Waals surface area contributed by atoms with Crippen molar-refractivity contribution < 1.29 is 4.79 Å². The molecule has 0 heterocycles. The van der Waals surface area contributed by atoms with Gasteiger partial charge in [-0.15, -0.1) is 0 Å². The molecule has 0 bridgehead atoms. The zero-order valence-corrected chi connectivity index (χ0v) is 14.4. The van der Waals surface area contributed by atoms with Gasteiger partial charge in [0.25, 0.3) is 5.91 Å². The third-order valence-electron chi connectivity index (χ3n) is 3.21. The fourth-order valence-electron chi connectivity index (χ4n) is 1.89. The first-order valence-electron chi connectivity index (χ1n) is 6.85. The summed E-state index contributed by atoms with van der Waals surface area (Å²) in [6, 6.07) is 15.2. The van der Waals surface area contributed by atoms with E-state index >= 15 is 0 Å². The molecule has 0 saturated carbocycles. The molecule has 0 aliphatic rings. The smallest absolute Gasteiger partial charge is 0.271 e.